The van der Waals surface area contributed by atoms with E-state index in [9.17, 15) is 14.0 Å². The van der Waals surface area contributed by atoms with E-state index in [2.05, 4.69) is 10.2 Å². The van der Waals surface area contributed by atoms with Gasteiger partial charge in [-0.3, -0.25) is 9.69 Å². The summed E-state index contributed by atoms with van der Waals surface area (Å²) in [6.07, 6.45) is 0.0478. The van der Waals surface area contributed by atoms with Gasteiger partial charge in [-0.05, 0) is 25.1 Å². The molecule has 0 radical (unpaired) electrons. The first kappa shape index (κ1) is 17.2. The highest BCUT2D eigenvalue weighted by Gasteiger charge is 2.21. The van der Waals surface area contributed by atoms with Gasteiger partial charge in [0.25, 0.3) is 0 Å². The Morgan fingerprint density at radius 1 is 1.26 bits per heavy atom. The molecule has 1 aliphatic heterocycles. The summed E-state index contributed by atoms with van der Waals surface area (Å²) in [5, 5.41) is 2.68. The fraction of sp³-hybridized carbons (Fsp3) is 0.500. The van der Waals surface area contributed by atoms with Gasteiger partial charge in [-0.2, -0.15) is 0 Å². The molecule has 0 atom stereocenters. The summed E-state index contributed by atoms with van der Waals surface area (Å²) in [6.45, 7) is 5.40. The summed E-state index contributed by atoms with van der Waals surface area (Å²) in [4.78, 5) is 27.3. The van der Waals surface area contributed by atoms with E-state index in [1.54, 1.807) is 24.0 Å². The average molecular weight is 323 g/mol. The van der Waals surface area contributed by atoms with E-state index in [0.717, 1.165) is 0 Å². The van der Waals surface area contributed by atoms with Gasteiger partial charge in [0.1, 0.15) is 5.82 Å². The van der Waals surface area contributed by atoms with Crippen molar-refractivity contribution in [2.75, 3.05) is 44.6 Å². The predicted octanol–water partition coefficient (Wildman–Crippen LogP) is 1.93. The molecule has 1 aromatic rings. The molecule has 1 aromatic carbocycles. The first-order valence-electron chi connectivity index (χ1n) is 7.78. The zero-order chi connectivity index (χ0) is 16.7. The van der Waals surface area contributed by atoms with E-state index in [1.807, 2.05) is 0 Å². The first-order valence-corrected chi connectivity index (χ1v) is 7.78. The van der Waals surface area contributed by atoms with E-state index in [4.69, 9.17) is 4.74 Å². The monoisotopic (exact) mass is 323 g/mol. The highest BCUT2D eigenvalue weighted by Crippen LogP contribution is 2.10. The molecule has 1 heterocycles. The molecular formula is C16H22FN3O3. The van der Waals surface area contributed by atoms with Crippen molar-refractivity contribution in [3.05, 3.63) is 30.1 Å². The second-order valence-electron chi connectivity index (χ2n) is 5.34. The van der Waals surface area contributed by atoms with Gasteiger partial charge in [-0.25, -0.2) is 9.18 Å². The third-order valence-corrected chi connectivity index (χ3v) is 3.66. The molecule has 0 spiro atoms. The number of anilines is 1. The molecule has 7 heteroatoms. The molecule has 1 aliphatic rings. The number of halogens is 1. The smallest absolute Gasteiger partial charge is 0.409 e. The van der Waals surface area contributed by atoms with E-state index >= 15 is 0 Å². The predicted molar refractivity (Wildman–Crippen MR) is 84.7 cm³/mol. The van der Waals surface area contributed by atoms with Crippen LogP contribution in [0.25, 0.3) is 0 Å². The molecule has 1 saturated heterocycles. The van der Waals surface area contributed by atoms with Gasteiger partial charge >= 0.3 is 6.09 Å². The number of nitrogens with one attached hydrogen (secondary N) is 1. The van der Waals surface area contributed by atoms with Crippen LogP contribution in [0.15, 0.2) is 24.3 Å². The second-order valence-corrected chi connectivity index (χ2v) is 5.34. The first-order chi connectivity index (χ1) is 11.1. The highest BCUT2D eigenvalue weighted by atomic mass is 19.1. The maximum atomic E-state index is 13.0. The number of ether oxygens (including phenoxy) is 1. The third kappa shape index (κ3) is 5.52. The third-order valence-electron chi connectivity index (χ3n) is 3.66. The van der Waals surface area contributed by atoms with Crippen molar-refractivity contribution in [1.82, 2.24) is 9.80 Å². The Morgan fingerprint density at radius 3 is 2.65 bits per heavy atom. The number of amides is 2. The molecule has 23 heavy (non-hydrogen) atoms. The van der Waals surface area contributed by atoms with Gasteiger partial charge in [0.05, 0.1) is 6.61 Å². The number of rotatable bonds is 5. The molecule has 1 fully saturated rings. The minimum Gasteiger partial charge on any atom is -0.450 e. The number of carbonyl (C=O) groups is 2. The Labute approximate surface area is 135 Å². The summed E-state index contributed by atoms with van der Waals surface area (Å²) in [6, 6.07) is 5.83. The van der Waals surface area contributed by atoms with Crippen molar-refractivity contribution in [3.8, 4) is 0 Å². The standard InChI is InChI=1S/C16H22FN3O3/c1-2-23-16(22)20-10-8-19(9-11-20)7-6-15(21)18-14-5-3-4-13(17)12-14/h3-5,12H,2,6-11H2,1H3,(H,18,21). The molecule has 126 valence electrons. The van der Waals surface area contributed by atoms with Crippen LogP contribution in [0, 0.1) is 5.82 Å². The zero-order valence-electron chi connectivity index (χ0n) is 13.3. The van der Waals surface area contributed by atoms with Crippen LogP contribution < -0.4 is 5.32 Å². The SMILES string of the molecule is CCOC(=O)N1CCN(CCC(=O)Nc2cccc(F)c2)CC1. The van der Waals surface area contributed by atoms with Gasteiger partial charge in [0, 0.05) is 44.8 Å². The molecule has 0 aromatic heterocycles. The Kier molecular flexibility index (Phi) is 6.34. The average Bonchev–Trinajstić information content (AvgIpc) is 2.54. The van der Waals surface area contributed by atoms with Crippen molar-refractivity contribution in [3.63, 3.8) is 0 Å². The molecule has 2 rings (SSSR count). The molecule has 0 aliphatic carbocycles. The largest absolute Gasteiger partial charge is 0.450 e. The maximum Gasteiger partial charge on any atom is 0.409 e. The van der Waals surface area contributed by atoms with Crippen LogP contribution >= 0.6 is 0 Å². The quantitative estimate of drug-likeness (QED) is 0.899. The maximum absolute atomic E-state index is 13.0. The van der Waals surface area contributed by atoms with Crippen molar-refractivity contribution >= 4 is 17.7 Å². The van der Waals surface area contributed by atoms with Crippen molar-refractivity contribution < 1.29 is 18.7 Å². The molecular weight excluding hydrogens is 301 g/mol. The van der Waals surface area contributed by atoms with Gasteiger partial charge in [-0.1, -0.05) is 6.07 Å². The fourth-order valence-corrected chi connectivity index (χ4v) is 2.42. The lowest BCUT2D eigenvalue weighted by atomic mass is 10.2. The summed E-state index contributed by atoms with van der Waals surface area (Å²) < 4.78 is 18.0. The van der Waals surface area contributed by atoms with Crippen molar-refractivity contribution in [2.24, 2.45) is 0 Å². The van der Waals surface area contributed by atoms with Crippen LogP contribution in [-0.2, 0) is 9.53 Å². The van der Waals surface area contributed by atoms with Crippen LogP contribution in [0.3, 0.4) is 0 Å². The van der Waals surface area contributed by atoms with E-state index in [1.165, 1.54) is 12.1 Å². The Hall–Kier alpha value is -2.15. The number of carbonyl (C=O) groups excluding carboxylic acids is 2. The van der Waals surface area contributed by atoms with Crippen molar-refractivity contribution in [1.29, 1.82) is 0 Å². The molecule has 6 nitrogen and oxygen atoms in total. The molecule has 2 amide bonds. The number of nitrogens with zero attached hydrogens (tertiary/aromatic N) is 2. The molecule has 0 unspecified atom stereocenters. The van der Waals surface area contributed by atoms with Gasteiger partial charge in [-0.15, -0.1) is 0 Å². The Balaban J connectivity index is 1.69. The summed E-state index contributed by atoms with van der Waals surface area (Å²) in [7, 11) is 0. The zero-order valence-corrected chi connectivity index (χ0v) is 13.3. The Bertz CT molecular complexity index is 545. The van der Waals surface area contributed by atoms with E-state index in [0.29, 0.717) is 51.4 Å². The highest BCUT2D eigenvalue weighted by molar-refractivity contribution is 5.90. The summed E-state index contributed by atoms with van der Waals surface area (Å²) >= 11 is 0. The lowest BCUT2D eigenvalue weighted by Crippen LogP contribution is -2.49. The summed E-state index contributed by atoms with van der Waals surface area (Å²) in [5.41, 5.74) is 0.460. The fourth-order valence-electron chi connectivity index (χ4n) is 2.42. The lowest BCUT2D eigenvalue weighted by Gasteiger charge is -2.33. The minimum atomic E-state index is -0.377. The van der Waals surface area contributed by atoms with Crippen LogP contribution in [-0.4, -0.2) is 61.1 Å². The summed E-state index contributed by atoms with van der Waals surface area (Å²) in [5.74, 6) is -0.527. The van der Waals surface area contributed by atoms with Gasteiger partial charge < -0.3 is 15.0 Å². The number of benzene rings is 1. The van der Waals surface area contributed by atoms with Crippen molar-refractivity contribution in [2.45, 2.75) is 13.3 Å². The minimum absolute atomic E-state index is 0.150. The van der Waals surface area contributed by atoms with Crippen LogP contribution in [0.2, 0.25) is 0 Å². The number of piperazine rings is 1. The van der Waals surface area contributed by atoms with Crippen LogP contribution in [0.1, 0.15) is 13.3 Å². The van der Waals surface area contributed by atoms with Gasteiger partial charge in [0.15, 0.2) is 0 Å². The normalized spacial score (nSPS) is 15.3. The number of hydrogen-bond donors (Lipinski definition) is 1. The lowest BCUT2D eigenvalue weighted by molar-refractivity contribution is -0.116. The van der Waals surface area contributed by atoms with E-state index in [-0.39, 0.29) is 17.8 Å². The van der Waals surface area contributed by atoms with Crippen LogP contribution in [0.5, 0.6) is 0 Å². The Morgan fingerprint density at radius 2 is 2.00 bits per heavy atom. The number of hydrogen-bond acceptors (Lipinski definition) is 4. The molecule has 0 bridgehead atoms. The topological polar surface area (TPSA) is 61.9 Å². The second kappa shape index (κ2) is 8.47. The molecule has 1 N–H and O–H groups in total. The van der Waals surface area contributed by atoms with E-state index < -0.39 is 0 Å². The van der Waals surface area contributed by atoms with Gasteiger partial charge in [0.2, 0.25) is 5.91 Å². The molecule has 0 saturated carbocycles. The van der Waals surface area contributed by atoms with Crippen LogP contribution in [0.4, 0.5) is 14.9 Å².